The molecule has 0 unspecified atom stereocenters. The largest absolute Gasteiger partial charge is 0.495 e. The molecule has 0 saturated heterocycles. The highest BCUT2D eigenvalue weighted by molar-refractivity contribution is 7.92. The zero-order valence-corrected chi connectivity index (χ0v) is 11.6. The number of sulfonamides is 1. The molecular formula is C12H20N2O3S. The smallest absolute Gasteiger partial charge is 0.232 e. The Morgan fingerprint density at radius 1 is 1.39 bits per heavy atom. The Kier molecular flexibility index (Phi) is 5.43. The summed E-state index contributed by atoms with van der Waals surface area (Å²) in [7, 11) is -1.85. The predicted octanol–water partition coefficient (Wildman–Crippen LogP) is 1.70. The fourth-order valence-corrected chi connectivity index (χ4v) is 2.89. The van der Waals surface area contributed by atoms with E-state index in [0.29, 0.717) is 17.9 Å². The van der Waals surface area contributed by atoms with E-state index in [-0.39, 0.29) is 12.3 Å². The average Bonchev–Trinajstić information content (AvgIpc) is 2.36. The molecule has 0 aliphatic rings. The topological polar surface area (TPSA) is 81.4 Å². The lowest BCUT2D eigenvalue weighted by atomic mass is 10.1. The van der Waals surface area contributed by atoms with Crippen LogP contribution in [0.25, 0.3) is 0 Å². The number of hydrogen-bond acceptors (Lipinski definition) is 4. The molecule has 0 aliphatic carbocycles. The maximum atomic E-state index is 11.9. The number of anilines is 1. The summed E-state index contributed by atoms with van der Waals surface area (Å²) in [6.45, 7) is 2.20. The quantitative estimate of drug-likeness (QED) is 0.791. The minimum absolute atomic E-state index is 0.103. The lowest BCUT2D eigenvalue weighted by Crippen LogP contribution is -2.18. The summed E-state index contributed by atoms with van der Waals surface area (Å²) < 4.78 is 31.5. The van der Waals surface area contributed by atoms with E-state index < -0.39 is 10.0 Å². The molecule has 6 heteroatoms. The number of nitrogens with one attached hydrogen (secondary N) is 1. The van der Waals surface area contributed by atoms with Crippen LogP contribution in [0, 0.1) is 0 Å². The van der Waals surface area contributed by atoms with Crippen molar-refractivity contribution in [1.29, 1.82) is 0 Å². The van der Waals surface area contributed by atoms with Crippen LogP contribution in [0.3, 0.4) is 0 Å². The fraction of sp³-hybridized carbons (Fsp3) is 0.500. The van der Waals surface area contributed by atoms with Crippen LogP contribution in [-0.4, -0.2) is 21.3 Å². The third-order valence-corrected chi connectivity index (χ3v) is 3.92. The second-order valence-corrected chi connectivity index (χ2v) is 5.81. The summed E-state index contributed by atoms with van der Waals surface area (Å²) in [5.74, 6) is 0.587. The van der Waals surface area contributed by atoms with Crippen molar-refractivity contribution in [3.05, 3.63) is 23.8 Å². The Bertz CT molecular complexity index is 464. The molecule has 5 nitrogen and oxygen atoms in total. The molecule has 0 fully saturated rings. The summed E-state index contributed by atoms with van der Waals surface area (Å²) in [5, 5.41) is 0. The molecule has 0 spiro atoms. The monoisotopic (exact) mass is 272 g/mol. The minimum atomic E-state index is -3.35. The van der Waals surface area contributed by atoms with Gasteiger partial charge in [0.2, 0.25) is 10.0 Å². The number of hydrogen-bond donors (Lipinski definition) is 2. The second kappa shape index (κ2) is 6.61. The summed E-state index contributed by atoms with van der Waals surface area (Å²) in [6.07, 6.45) is 1.46. The first-order chi connectivity index (χ1) is 8.54. The highest BCUT2D eigenvalue weighted by Gasteiger charge is 2.15. The van der Waals surface area contributed by atoms with Crippen molar-refractivity contribution in [2.75, 3.05) is 17.6 Å². The highest BCUT2D eigenvalue weighted by Crippen LogP contribution is 2.29. The summed E-state index contributed by atoms with van der Waals surface area (Å²) in [6, 6.07) is 5.27. The van der Waals surface area contributed by atoms with Gasteiger partial charge in [-0.1, -0.05) is 25.5 Å². The van der Waals surface area contributed by atoms with Crippen LogP contribution in [-0.2, 0) is 16.6 Å². The van der Waals surface area contributed by atoms with Gasteiger partial charge in [0, 0.05) is 6.54 Å². The first-order valence-corrected chi connectivity index (χ1v) is 7.55. The van der Waals surface area contributed by atoms with E-state index in [1.165, 1.54) is 7.11 Å². The molecule has 0 amide bonds. The predicted molar refractivity (Wildman–Crippen MR) is 73.2 cm³/mol. The van der Waals surface area contributed by atoms with Crippen LogP contribution in [0.2, 0.25) is 0 Å². The number of rotatable bonds is 7. The van der Waals surface area contributed by atoms with Gasteiger partial charge in [-0.2, -0.15) is 0 Å². The Labute approximate surface area is 108 Å². The van der Waals surface area contributed by atoms with Gasteiger partial charge < -0.3 is 10.5 Å². The van der Waals surface area contributed by atoms with Crippen LogP contribution in [0.5, 0.6) is 5.75 Å². The molecule has 102 valence electrons. The standard InChI is InChI=1S/C12H20N2O3S/c1-3-4-8-18(15,16)14-12-10(9-13)6-5-7-11(12)17-2/h5-7,14H,3-4,8-9,13H2,1-2H3. The number of ether oxygens (including phenoxy) is 1. The van der Waals surface area contributed by atoms with Gasteiger partial charge in [-0.05, 0) is 18.1 Å². The van der Waals surface area contributed by atoms with Gasteiger partial charge in [-0.15, -0.1) is 0 Å². The molecule has 1 aromatic rings. The van der Waals surface area contributed by atoms with Crippen LogP contribution >= 0.6 is 0 Å². The van der Waals surface area contributed by atoms with Crippen LogP contribution in [0.15, 0.2) is 18.2 Å². The first-order valence-electron chi connectivity index (χ1n) is 5.90. The third-order valence-electron chi connectivity index (χ3n) is 2.58. The van der Waals surface area contributed by atoms with Gasteiger partial charge in [-0.25, -0.2) is 8.42 Å². The van der Waals surface area contributed by atoms with E-state index in [4.69, 9.17) is 10.5 Å². The number of nitrogens with two attached hydrogens (primary N) is 1. The van der Waals surface area contributed by atoms with Crippen molar-refractivity contribution < 1.29 is 13.2 Å². The minimum Gasteiger partial charge on any atom is -0.495 e. The zero-order valence-electron chi connectivity index (χ0n) is 10.8. The van der Waals surface area contributed by atoms with E-state index in [1.807, 2.05) is 6.92 Å². The molecule has 0 saturated carbocycles. The lowest BCUT2D eigenvalue weighted by molar-refractivity contribution is 0.416. The number of benzene rings is 1. The van der Waals surface area contributed by atoms with E-state index in [9.17, 15) is 8.42 Å². The molecule has 0 heterocycles. The van der Waals surface area contributed by atoms with Crippen LogP contribution in [0.1, 0.15) is 25.3 Å². The van der Waals surface area contributed by atoms with Crippen molar-refractivity contribution >= 4 is 15.7 Å². The molecule has 0 bridgehead atoms. The molecule has 0 aromatic heterocycles. The number of methoxy groups -OCH3 is 1. The molecule has 1 rings (SSSR count). The molecule has 1 aromatic carbocycles. The summed E-state index contributed by atoms with van der Waals surface area (Å²) in [5.41, 5.74) is 6.76. The van der Waals surface area contributed by atoms with Crippen molar-refractivity contribution in [2.45, 2.75) is 26.3 Å². The van der Waals surface area contributed by atoms with Gasteiger partial charge in [-0.3, -0.25) is 4.72 Å². The summed E-state index contributed by atoms with van der Waals surface area (Å²) >= 11 is 0. The van der Waals surface area contributed by atoms with Crippen LogP contribution in [0.4, 0.5) is 5.69 Å². The van der Waals surface area contributed by atoms with Crippen LogP contribution < -0.4 is 15.2 Å². The van der Waals surface area contributed by atoms with Gasteiger partial charge in [0.15, 0.2) is 0 Å². The van der Waals surface area contributed by atoms with E-state index in [1.54, 1.807) is 18.2 Å². The maximum Gasteiger partial charge on any atom is 0.232 e. The van der Waals surface area contributed by atoms with Crippen molar-refractivity contribution in [3.63, 3.8) is 0 Å². The number of para-hydroxylation sites is 1. The van der Waals surface area contributed by atoms with Crippen molar-refractivity contribution in [3.8, 4) is 5.75 Å². The average molecular weight is 272 g/mol. The van der Waals surface area contributed by atoms with Gasteiger partial charge in [0.05, 0.1) is 18.6 Å². The Hall–Kier alpha value is -1.27. The van der Waals surface area contributed by atoms with Gasteiger partial charge in [0.25, 0.3) is 0 Å². The number of unbranched alkanes of at least 4 members (excludes halogenated alkanes) is 1. The van der Waals surface area contributed by atoms with E-state index in [0.717, 1.165) is 12.0 Å². The van der Waals surface area contributed by atoms with E-state index >= 15 is 0 Å². The van der Waals surface area contributed by atoms with Gasteiger partial charge in [0.1, 0.15) is 5.75 Å². The van der Waals surface area contributed by atoms with E-state index in [2.05, 4.69) is 4.72 Å². The Balaban J connectivity index is 3.02. The summed E-state index contributed by atoms with van der Waals surface area (Å²) in [4.78, 5) is 0. The molecule has 0 atom stereocenters. The highest BCUT2D eigenvalue weighted by atomic mass is 32.2. The first kappa shape index (κ1) is 14.8. The zero-order chi connectivity index (χ0) is 13.6. The van der Waals surface area contributed by atoms with Crippen molar-refractivity contribution in [2.24, 2.45) is 5.73 Å². The fourth-order valence-electron chi connectivity index (χ4n) is 1.57. The molecule has 18 heavy (non-hydrogen) atoms. The SMILES string of the molecule is CCCCS(=O)(=O)Nc1c(CN)cccc1OC. The normalized spacial score (nSPS) is 11.3. The molecule has 3 N–H and O–H groups in total. The maximum absolute atomic E-state index is 11.9. The molecular weight excluding hydrogens is 252 g/mol. The van der Waals surface area contributed by atoms with Gasteiger partial charge >= 0.3 is 0 Å². The third kappa shape index (κ3) is 3.89. The Morgan fingerprint density at radius 3 is 2.67 bits per heavy atom. The Morgan fingerprint density at radius 2 is 2.11 bits per heavy atom. The molecule has 0 aliphatic heterocycles. The molecule has 0 radical (unpaired) electrons. The second-order valence-electron chi connectivity index (χ2n) is 3.97. The van der Waals surface area contributed by atoms with Crippen molar-refractivity contribution in [1.82, 2.24) is 0 Å². The lowest BCUT2D eigenvalue weighted by Gasteiger charge is -2.15.